The standard InChI is InChI=1S/C15H19N3S/c1-16-13-6-2-3-7-14-12(13)10-17-15(18-14)9-11-5-4-8-19-11/h4-5,8,10,13,16H,2-3,6-7,9H2,1H3. The highest BCUT2D eigenvalue weighted by atomic mass is 32.1. The zero-order valence-electron chi connectivity index (χ0n) is 11.2. The summed E-state index contributed by atoms with van der Waals surface area (Å²) in [7, 11) is 2.03. The Morgan fingerprint density at radius 2 is 2.37 bits per heavy atom. The third kappa shape index (κ3) is 2.85. The molecule has 0 saturated carbocycles. The Morgan fingerprint density at radius 1 is 1.42 bits per heavy atom. The molecular weight excluding hydrogens is 254 g/mol. The number of fused-ring (bicyclic) bond motifs is 1. The fourth-order valence-electron chi connectivity index (χ4n) is 2.71. The third-order valence-electron chi connectivity index (χ3n) is 3.74. The minimum absolute atomic E-state index is 0.424. The fraction of sp³-hybridized carbons (Fsp3) is 0.467. The molecule has 0 aromatic carbocycles. The first kappa shape index (κ1) is 12.8. The van der Waals surface area contributed by atoms with Gasteiger partial charge in [0.15, 0.2) is 0 Å². The molecule has 0 spiro atoms. The third-order valence-corrected chi connectivity index (χ3v) is 4.62. The van der Waals surface area contributed by atoms with Crippen LogP contribution in [0.25, 0.3) is 0 Å². The van der Waals surface area contributed by atoms with Crippen molar-refractivity contribution >= 4 is 11.3 Å². The highest BCUT2D eigenvalue weighted by Gasteiger charge is 2.19. The van der Waals surface area contributed by atoms with Crippen LogP contribution in [-0.2, 0) is 12.8 Å². The normalized spacial score (nSPS) is 18.9. The molecular formula is C15H19N3S. The van der Waals surface area contributed by atoms with E-state index in [1.165, 1.54) is 35.4 Å². The lowest BCUT2D eigenvalue weighted by Crippen LogP contribution is -2.18. The number of hydrogen-bond donors (Lipinski definition) is 1. The highest BCUT2D eigenvalue weighted by molar-refractivity contribution is 7.09. The second-order valence-electron chi connectivity index (χ2n) is 5.03. The molecule has 100 valence electrons. The van der Waals surface area contributed by atoms with Crippen LogP contribution in [0.2, 0.25) is 0 Å². The van der Waals surface area contributed by atoms with Crippen LogP contribution in [0.5, 0.6) is 0 Å². The summed E-state index contributed by atoms with van der Waals surface area (Å²) in [5.41, 5.74) is 2.55. The van der Waals surface area contributed by atoms with E-state index in [2.05, 4.69) is 27.8 Å². The van der Waals surface area contributed by atoms with Gasteiger partial charge in [0.2, 0.25) is 0 Å². The minimum Gasteiger partial charge on any atom is -0.313 e. The lowest BCUT2D eigenvalue weighted by Gasteiger charge is -2.16. The molecule has 3 nitrogen and oxygen atoms in total. The molecule has 1 N–H and O–H groups in total. The molecule has 2 heterocycles. The zero-order chi connectivity index (χ0) is 13.1. The average molecular weight is 273 g/mol. The summed E-state index contributed by atoms with van der Waals surface area (Å²) in [4.78, 5) is 10.7. The Balaban J connectivity index is 1.87. The van der Waals surface area contributed by atoms with E-state index in [9.17, 15) is 0 Å². The number of aryl methyl sites for hydroxylation is 1. The first-order valence-electron chi connectivity index (χ1n) is 6.91. The predicted molar refractivity (Wildman–Crippen MR) is 78.5 cm³/mol. The van der Waals surface area contributed by atoms with Crippen LogP contribution in [0.15, 0.2) is 23.7 Å². The van der Waals surface area contributed by atoms with Crippen molar-refractivity contribution in [3.63, 3.8) is 0 Å². The largest absolute Gasteiger partial charge is 0.313 e. The van der Waals surface area contributed by atoms with Gasteiger partial charge >= 0.3 is 0 Å². The smallest absolute Gasteiger partial charge is 0.133 e. The van der Waals surface area contributed by atoms with E-state index in [0.717, 1.165) is 18.7 Å². The van der Waals surface area contributed by atoms with Crippen molar-refractivity contribution in [2.45, 2.75) is 38.1 Å². The molecule has 2 aromatic rings. The van der Waals surface area contributed by atoms with Gasteiger partial charge in [-0.3, -0.25) is 0 Å². The van der Waals surface area contributed by atoms with Gasteiger partial charge in [0, 0.05) is 34.8 Å². The van der Waals surface area contributed by atoms with E-state index in [0.29, 0.717) is 6.04 Å². The van der Waals surface area contributed by atoms with Crippen molar-refractivity contribution in [3.05, 3.63) is 45.7 Å². The zero-order valence-corrected chi connectivity index (χ0v) is 12.0. The molecule has 2 aromatic heterocycles. The lowest BCUT2D eigenvalue weighted by atomic mass is 10.1. The number of hydrogen-bond acceptors (Lipinski definition) is 4. The molecule has 1 unspecified atom stereocenters. The molecule has 0 fully saturated rings. The van der Waals surface area contributed by atoms with Crippen LogP contribution in [-0.4, -0.2) is 17.0 Å². The second kappa shape index (κ2) is 5.80. The number of nitrogens with one attached hydrogen (secondary N) is 1. The van der Waals surface area contributed by atoms with Gasteiger partial charge in [-0.15, -0.1) is 11.3 Å². The number of nitrogens with zero attached hydrogens (tertiary/aromatic N) is 2. The number of rotatable bonds is 3. The van der Waals surface area contributed by atoms with E-state index in [1.807, 2.05) is 13.2 Å². The van der Waals surface area contributed by atoms with Crippen LogP contribution in [0.4, 0.5) is 0 Å². The van der Waals surface area contributed by atoms with Crippen LogP contribution in [0, 0.1) is 0 Å². The summed E-state index contributed by atoms with van der Waals surface area (Å²) in [6, 6.07) is 4.66. The van der Waals surface area contributed by atoms with Crippen molar-refractivity contribution in [2.75, 3.05) is 7.05 Å². The summed E-state index contributed by atoms with van der Waals surface area (Å²) in [5, 5.41) is 5.49. The molecule has 0 aliphatic heterocycles. The van der Waals surface area contributed by atoms with Crippen LogP contribution < -0.4 is 5.32 Å². The Labute approximate surface area is 118 Å². The maximum absolute atomic E-state index is 4.80. The van der Waals surface area contributed by atoms with E-state index in [4.69, 9.17) is 4.98 Å². The van der Waals surface area contributed by atoms with Gasteiger partial charge in [0.1, 0.15) is 5.82 Å². The van der Waals surface area contributed by atoms with Crippen LogP contribution in [0.3, 0.4) is 0 Å². The summed E-state index contributed by atoms with van der Waals surface area (Å²) >= 11 is 1.77. The second-order valence-corrected chi connectivity index (χ2v) is 6.06. The van der Waals surface area contributed by atoms with Gasteiger partial charge in [-0.2, -0.15) is 0 Å². The molecule has 0 bridgehead atoms. The van der Waals surface area contributed by atoms with Gasteiger partial charge in [-0.05, 0) is 37.8 Å². The molecule has 1 aliphatic rings. The molecule has 0 amide bonds. The maximum Gasteiger partial charge on any atom is 0.133 e. The number of aromatic nitrogens is 2. The van der Waals surface area contributed by atoms with Crippen LogP contribution >= 0.6 is 11.3 Å². The topological polar surface area (TPSA) is 37.8 Å². The Morgan fingerprint density at radius 3 is 3.16 bits per heavy atom. The molecule has 0 radical (unpaired) electrons. The van der Waals surface area contributed by atoms with Crippen molar-refractivity contribution in [3.8, 4) is 0 Å². The Kier molecular flexibility index (Phi) is 3.89. The van der Waals surface area contributed by atoms with Gasteiger partial charge in [0.05, 0.1) is 0 Å². The molecule has 1 atom stereocenters. The lowest BCUT2D eigenvalue weighted by molar-refractivity contribution is 0.531. The summed E-state index contributed by atoms with van der Waals surface area (Å²) in [6.07, 6.45) is 7.68. The first-order valence-corrected chi connectivity index (χ1v) is 7.79. The monoisotopic (exact) mass is 273 g/mol. The van der Waals surface area contributed by atoms with E-state index in [1.54, 1.807) is 11.3 Å². The number of thiophene rings is 1. The quantitative estimate of drug-likeness (QED) is 0.873. The fourth-order valence-corrected chi connectivity index (χ4v) is 3.41. The molecule has 4 heteroatoms. The molecule has 3 rings (SSSR count). The average Bonchev–Trinajstić information content (AvgIpc) is 2.84. The predicted octanol–water partition coefficient (Wildman–Crippen LogP) is 3.12. The van der Waals surface area contributed by atoms with Gasteiger partial charge in [0.25, 0.3) is 0 Å². The van der Waals surface area contributed by atoms with Gasteiger partial charge < -0.3 is 5.32 Å². The van der Waals surface area contributed by atoms with Crippen molar-refractivity contribution in [1.29, 1.82) is 0 Å². The van der Waals surface area contributed by atoms with E-state index in [-0.39, 0.29) is 0 Å². The van der Waals surface area contributed by atoms with E-state index >= 15 is 0 Å². The molecule has 0 saturated heterocycles. The highest BCUT2D eigenvalue weighted by Crippen LogP contribution is 2.27. The molecule has 1 aliphatic carbocycles. The maximum atomic E-state index is 4.80. The van der Waals surface area contributed by atoms with Gasteiger partial charge in [-0.1, -0.05) is 12.5 Å². The van der Waals surface area contributed by atoms with Crippen LogP contribution in [0.1, 0.15) is 47.3 Å². The first-order chi connectivity index (χ1) is 9.36. The van der Waals surface area contributed by atoms with Crippen molar-refractivity contribution in [1.82, 2.24) is 15.3 Å². The Hall–Kier alpha value is -1.26. The van der Waals surface area contributed by atoms with Crippen molar-refractivity contribution < 1.29 is 0 Å². The molecule has 19 heavy (non-hydrogen) atoms. The van der Waals surface area contributed by atoms with E-state index < -0.39 is 0 Å². The Bertz CT molecular complexity index is 536. The van der Waals surface area contributed by atoms with Crippen molar-refractivity contribution in [2.24, 2.45) is 0 Å². The minimum atomic E-state index is 0.424. The summed E-state index contributed by atoms with van der Waals surface area (Å²) in [6.45, 7) is 0. The summed E-state index contributed by atoms with van der Waals surface area (Å²) in [5.74, 6) is 0.956. The summed E-state index contributed by atoms with van der Waals surface area (Å²) < 4.78 is 0. The SMILES string of the molecule is CNC1CCCCc2nc(Cc3cccs3)ncc21. The van der Waals surface area contributed by atoms with Gasteiger partial charge in [-0.25, -0.2) is 9.97 Å².